The fourth-order valence-corrected chi connectivity index (χ4v) is 8.89. The lowest BCUT2D eigenvalue weighted by Gasteiger charge is -2.51. The standard InChI is InChI=1S/C43H55NO11/c1-24(2)17-27(5)37-29(7)36(45)22-42(55-37)21-34-20-33(54-42)16-11-26(4)18-25(3)9-8-10-31-23-51-39-38(28(6)19-35(41(47)52-34)43(31,39)48)53-40(46)30-12-14-32(15-13-30)44(49)50/h8-15,17,19,24-25,29,33-39,45,48H,16,18,20-23H2,1-7H3/b9-8+,26-11+,27-17+,31-10+/t25-,29-,33+,34-,35-,36-,37+,38+,39+,42?,43+/m0/s1. The fraction of sp³-hybridized carbons (Fsp3) is 0.581. The molecule has 0 aromatic heterocycles. The number of non-ortho nitro benzene ring substituents is 1. The lowest BCUT2D eigenvalue weighted by molar-refractivity contribution is -0.384. The first-order valence-corrected chi connectivity index (χ1v) is 19.4. The molecule has 5 aliphatic rings. The van der Waals surface area contributed by atoms with E-state index in [0.717, 1.165) is 12.0 Å². The highest BCUT2D eigenvalue weighted by Crippen LogP contribution is 2.48. The number of ether oxygens (including phenoxy) is 5. The van der Waals surface area contributed by atoms with E-state index in [-0.39, 0.29) is 54.6 Å². The van der Waals surface area contributed by atoms with Crippen molar-refractivity contribution in [3.05, 3.63) is 98.7 Å². The maximum absolute atomic E-state index is 14.5. The maximum Gasteiger partial charge on any atom is 0.338 e. The van der Waals surface area contributed by atoms with E-state index in [0.29, 0.717) is 24.0 Å². The molecule has 0 amide bonds. The van der Waals surface area contributed by atoms with Gasteiger partial charge in [-0.3, -0.25) is 14.9 Å². The van der Waals surface area contributed by atoms with Crippen molar-refractivity contribution >= 4 is 17.6 Å². The van der Waals surface area contributed by atoms with Crippen LogP contribution in [0.1, 0.15) is 90.9 Å². The summed E-state index contributed by atoms with van der Waals surface area (Å²) in [5.41, 5.74) is 1.08. The Morgan fingerprint density at radius 1 is 1.11 bits per heavy atom. The van der Waals surface area contributed by atoms with E-state index in [1.165, 1.54) is 29.8 Å². The van der Waals surface area contributed by atoms with Gasteiger partial charge < -0.3 is 33.9 Å². The normalized spacial score (nSPS) is 39.5. The summed E-state index contributed by atoms with van der Waals surface area (Å²) in [7, 11) is 0. The van der Waals surface area contributed by atoms with Gasteiger partial charge in [-0.05, 0) is 74.3 Å². The topological polar surface area (TPSA) is 164 Å². The molecular weight excluding hydrogens is 706 g/mol. The number of benzene rings is 1. The monoisotopic (exact) mass is 761 g/mol. The first kappa shape index (κ1) is 40.7. The Kier molecular flexibility index (Phi) is 12.0. The number of nitro groups is 1. The Morgan fingerprint density at radius 3 is 2.53 bits per heavy atom. The Morgan fingerprint density at radius 2 is 1.84 bits per heavy atom. The van der Waals surface area contributed by atoms with E-state index in [1.807, 2.05) is 26.0 Å². The van der Waals surface area contributed by atoms with Crippen LogP contribution in [0.3, 0.4) is 0 Å². The van der Waals surface area contributed by atoms with Crippen molar-refractivity contribution in [1.29, 1.82) is 0 Å². The number of hydrogen-bond donors (Lipinski definition) is 2. The molecule has 1 aromatic rings. The van der Waals surface area contributed by atoms with E-state index in [2.05, 4.69) is 39.8 Å². The predicted octanol–water partition coefficient (Wildman–Crippen LogP) is 6.86. The molecule has 4 aliphatic heterocycles. The SMILES string of the molecule is CC1=C[C@H]2C(=O)O[C@H]3C[C@@H](C/C=C(\C)C[C@@H](C)/C=C/C=C4\CO[C@H]([C@@H]1OC(=O)c1ccc([N+](=O)[O-])cc1)[C@@]42O)OC1(C3)C[C@H](O)[C@H](C)[C@@H](/C(C)=C/C(C)C)O1. The van der Waals surface area contributed by atoms with Gasteiger partial charge in [0.1, 0.15) is 23.7 Å². The molecule has 3 fully saturated rings. The van der Waals surface area contributed by atoms with Crippen molar-refractivity contribution in [3.8, 4) is 0 Å². The zero-order chi connectivity index (χ0) is 39.8. The molecule has 12 heteroatoms. The molecule has 12 nitrogen and oxygen atoms in total. The van der Waals surface area contributed by atoms with Crippen LogP contribution < -0.4 is 0 Å². The Balaban J connectivity index is 1.35. The molecule has 3 saturated heterocycles. The van der Waals surface area contributed by atoms with Gasteiger partial charge in [0, 0.05) is 37.3 Å². The number of rotatable bonds is 5. The number of esters is 2. The average molecular weight is 762 g/mol. The van der Waals surface area contributed by atoms with Gasteiger partial charge in [-0.25, -0.2) is 4.79 Å². The molecule has 11 atom stereocenters. The molecule has 298 valence electrons. The molecule has 4 heterocycles. The lowest BCUT2D eigenvalue weighted by Crippen LogP contribution is -2.60. The maximum atomic E-state index is 14.5. The second-order valence-electron chi connectivity index (χ2n) is 16.6. The molecule has 1 aromatic carbocycles. The summed E-state index contributed by atoms with van der Waals surface area (Å²) in [6.45, 7) is 14.0. The highest BCUT2D eigenvalue weighted by Gasteiger charge is 2.61. The summed E-state index contributed by atoms with van der Waals surface area (Å²) in [5.74, 6) is -3.59. The number of nitrogens with zero attached hydrogens (tertiary/aromatic N) is 1. The molecule has 0 saturated carbocycles. The van der Waals surface area contributed by atoms with Crippen LogP contribution in [-0.4, -0.2) is 81.7 Å². The van der Waals surface area contributed by atoms with Crippen LogP contribution in [0, 0.1) is 33.8 Å². The lowest BCUT2D eigenvalue weighted by atomic mass is 9.70. The summed E-state index contributed by atoms with van der Waals surface area (Å²) < 4.78 is 32.1. The highest BCUT2D eigenvalue weighted by atomic mass is 16.7. The summed E-state index contributed by atoms with van der Waals surface area (Å²) in [5, 5.41) is 35.3. The number of hydrogen-bond acceptors (Lipinski definition) is 11. The van der Waals surface area contributed by atoms with Gasteiger partial charge in [0.2, 0.25) is 0 Å². The molecule has 1 unspecified atom stereocenters. The van der Waals surface area contributed by atoms with Crippen LogP contribution in [0.5, 0.6) is 0 Å². The van der Waals surface area contributed by atoms with Gasteiger partial charge in [0.05, 0.1) is 35.4 Å². The van der Waals surface area contributed by atoms with Crippen LogP contribution in [0.25, 0.3) is 0 Å². The van der Waals surface area contributed by atoms with Gasteiger partial charge in [-0.2, -0.15) is 0 Å². The predicted molar refractivity (Wildman–Crippen MR) is 204 cm³/mol. The van der Waals surface area contributed by atoms with Crippen LogP contribution in [0.15, 0.2) is 83.0 Å². The number of aliphatic hydroxyl groups excluding tert-OH is 1. The van der Waals surface area contributed by atoms with E-state index in [1.54, 1.807) is 19.1 Å². The van der Waals surface area contributed by atoms with Crippen LogP contribution in [0.2, 0.25) is 0 Å². The Bertz CT molecular complexity index is 1790. The van der Waals surface area contributed by atoms with Gasteiger partial charge in [0.15, 0.2) is 11.9 Å². The number of fused-ring (bicyclic) bond motifs is 2. The quantitative estimate of drug-likeness (QED) is 0.139. The number of allylic oxidation sites excluding steroid dienone is 5. The highest BCUT2D eigenvalue weighted by molar-refractivity contribution is 5.90. The minimum Gasteiger partial charge on any atom is -0.462 e. The van der Waals surface area contributed by atoms with E-state index in [9.17, 15) is 29.9 Å². The van der Waals surface area contributed by atoms with Crippen LogP contribution in [-0.2, 0) is 28.5 Å². The van der Waals surface area contributed by atoms with Gasteiger partial charge in [-0.15, -0.1) is 0 Å². The number of aliphatic hydroxyl groups is 2. The van der Waals surface area contributed by atoms with E-state index in [4.69, 9.17) is 23.7 Å². The third-order valence-corrected chi connectivity index (χ3v) is 11.6. The first-order chi connectivity index (χ1) is 26.0. The summed E-state index contributed by atoms with van der Waals surface area (Å²) in [6.07, 6.45) is 9.31. The molecule has 2 N–H and O–H groups in total. The van der Waals surface area contributed by atoms with Gasteiger partial charge in [-0.1, -0.05) is 69.7 Å². The molecular formula is C43H55NO11. The third kappa shape index (κ3) is 8.58. The number of nitro benzene ring substituents is 1. The van der Waals surface area contributed by atoms with Crippen molar-refractivity contribution in [2.45, 2.75) is 129 Å². The van der Waals surface area contributed by atoms with Gasteiger partial charge >= 0.3 is 11.9 Å². The van der Waals surface area contributed by atoms with Crippen molar-refractivity contribution in [2.24, 2.45) is 23.7 Å². The zero-order valence-electron chi connectivity index (χ0n) is 32.8. The molecule has 55 heavy (non-hydrogen) atoms. The molecule has 1 spiro atoms. The zero-order valence-corrected chi connectivity index (χ0v) is 32.8. The van der Waals surface area contributed by atoms with E-state index >= 15 is 0 Å². The average Bonchev–Trinajstić information content (AvgIpc) is 3.45. The van der Waals surface area contributed by atoms with Gasteiger partial charge in [0.25, 0.3) is 5.69 Å². The largest absolute Gasteiger partial charge is 0.462 e. The summed E-state index contributed by atoms with van der Waals surface area (Å²) in [4.78, 5) is 38.4. The smallest absolute Gasteiger partial charge is 0.338 e. The first-order valence-electron chi connectivity index (χ1n) is 19.4. The van der Waals surface area contributed by atoms with Crippen LogP contribution >= 0.6 is 0 Å². The Labute approximate surface area is 323 Å². The number of carbonyl (C=O) groups excluding carboxylic acids is 2. The fourth-order valence-electron chi connectivity index (χ4n) is 8.89. The van der Waals surface area contributed by atoms with Crippen molar-refractivity contribution in [1.82, 2.24) is 0 Å². The second kappa shape index (κ2) is 16.3. The molecule has 6 rings (SSSR count). The second-order valence-corrected chi connectivity index (χ2v) is 16.6. The molecule has 0 radical (unpaired) electrons. The minimum atomic E-state index is -1.93. The van der Waals surface area contributed by atoms with Crippen molar-refractivity contribution < 1.29 is 48.4 Å². The van der Waals surface area contributed by atoms with Crippen LogP contribution in [0.4, 0.5) is 5.69 Å². The summed E-state index contributed by atoms with van der Waals surface area (Å²) in [6, 6.07) is 5.04. The Hall–Kier alpha value is -3.94. The molecule has 1 aliphatic carbocycles. The summed E-state index contributed by atoms with van der Waals surface area (Å²) >= 11 is 0. The number of carbonyl (C=O) groups is 2. The minimum absolute atomic E-state index is 0.0215. The van der Waals surface area contributed by atoms with Crippen molar-refractivity contribution in [2.75, 3.05) is 6.61 Å². The van der Waals surface area contributed by atoms with E-state index < -0.39 is 64.7 Å². The molecule has 2 bridgehead atoms. The third-order valence-electron chi connectivity index (χ3n) is 11.6. The van der Waals surface area contributed by atoms with Crippen molar-refractivity contribution in [3.63, 3.8) is 0 Å².